The first kappa shape index (κ1) is 27.2. The van der Waals surface area contributed by atoms with Crippen LogP contribution in [0.3, 0.4) is 0 Å². The van der Waals surface area contributed by atoms with Crippen molar-refractivity contribution in [2.24, 2.45) is 0 Å². The van der Waals surface area contributed by atoms with E-state index in [2.05, 4.69) is 25.8 Å². The van der Waals surface area contributed by atoms with Crippen molar-refractivity contribution >= 4 is 27.5 Å². The number of nitrogens with zero attached hydrogens (tertiary/aromatic N) is 5. The lowest BCUT2D eigenvalue weighted by molar-refractivity contribution is 0.107. The van der Waals surface area contributed by atoms with Gasteiger partial charge in [0.15, 0.2) is 5.82 Å². The van der Waals surface area contributed by atoms with Gasteiger partial charge in [0.1, 0.15) is 59.5 Å². The van der Waals surface area contributed by atoms with E-state index in [0.29, 0.717) is 18.4 Å². The number of aromatic hydroxyl groups is 1. The van der Waals surface area contributed by atoms with Gasteiger partial charge in [-0.2, -0.15) is 9.97 Å². The molecule has 44 heavy (non-hydrogen) atoms. The van der Waals surface area contributed by atoms with E-state index in [1.165, 1.54) is 24.3 Å². The minimum atomic E-state index is -1.14. The minimum absolute atomic E-state index is 0.00883. The van der Waals surface area contributed by atoms with E-state index in [1.807, 2.05) is 0 Å². The molecule has 3 saturated heterocycles. The Bertz CT molecular complexity index is 1900. The zero-order valence-electron chi connectivity index (χ0n) is 23.5. The van der Waals surface area contributed by atoms with Crippen LogP contribution in [0.2, 0.25) is 0 Å². The molecule has 4 aromatic rings. The van der Waals surface area contributed by atoms with Crippen molar-refractivity contribution in [2.75, 3.05) is 37.7 Å². The molecule has 4 atom stereocenters. The van der Waals surface area contributed by atoms with Crippen molar-refractivity contribution < 1.29 is 32.1 Å². The zero-order chi connectivity index (χ0) is 30.3. The monoisotopic (exact) mass is 605 g/mol. The Morgan fingerprint density at radius 2 is 1.98 bits per heavy atom. The summed E-state index contributed by atoms with van der Waals surface area (Å²) < 4.78 is 72.8. The van der Waals surface area contributed by atoms with Gasteiger partial charge in [-0.15, -0.1) is 6.42 Å². The molecule has 1 N–H and O–H groups in total. The predicted molar refractivity (Wildman–Crippen MR) is 154 cm³/mol. The first-order valence-electron chi connectivity index (χ1n) is 14.6. The average Bonchev–Trinajstić information content (AvgIpc) is 3.63. The number of hydrogen-bond acceptors (Lipinski definition) is 8. The first-order chi connectivity index (χ1) is 21.2. The van der Waals surface area contributed by atoms with E-state index in [0.717, 1.165) is 19.4 Å². The van der Waals surface area contributed by atoms with Crippen molar-refractivity contribution in [2.45, 2.75) is 49.6 Å². The Balaban J connectivity index is 1.33. The van der Waals surface area contributed by atoms with E-state index < -0.39 is 35.6 Å². The van der Waals surface area contributed by atoms with Gasteiger partial charge in [0.05, 0.1) is 23.7 Å². The summed E-state index contributed by atoms with van der Waals surface area (Å²) in [5, 5.41) is 11.3. The van der Waals surface area contributed by atoms with E-state index in [9.17, 15) is 18.3 Å². The smallest absolute Gasteiger partial charge is 0.319 e. The van der Waals surface area contributed by atoms with Crippen molar-refractivity contribution in [3.8, 4) is 41.2 Å². The fourth-order valence-corrected chi connectivity index (χ4v) is 7.51. The Morgan fingerprint density at radius 3 is 2.82 bits per heavy atom. The van der Waals surface area contributed by atoms with Gasteiger partial charge in [0, 0.05) is 30.3 Å². The third-order valence-corrected chi connectivity index (χ3v) is 9.44. The van der Waals surface area contributed by atoms with Crippen LogP contribution in [-0.2, 0) is 0 Å². The number of aromatic nitrogens is 3. The SMILES string of the molecule is C#Cc1c(F)ccc2cc(O)cc(-c3nc4c5c(nc(OC[C@@]67CCCN6C[C@H](F)C7)nc5c3F)N3C[C@H](F)C[C@H]3CO4)c12. The molecule has 0 radical (unpaired) electrons. The van der Waals surface area contributed by atoms with Crippen LogP contribution in [0.15, 0.2) is 24.3 Å². The van der Waals surface area contributed by atoms with Crippen LogP contribution in [0.5, 0.6) is 17.6 Å². The number of fused-ring (bicyclic) bond motifs is 4. The lowest BCUT2D eigenvalue weighted by Crippen LogP contribution is -2.43. The molecule has 0 spiro atoms. The Hall–Kier alpha value is -4.37. The van der Waals surface area contributed by atoms with Crippen LogP contribution in [0, 0.1) is 24.0 Å². The number of alkyl halides is 2. The van der Waals surface area contributed by atoms with Crippen LogP contribution in [0.4, 0.5) is 23.4 Å². The summed E-state index contributed by atoms with van der Waals surface area (Å²) in [5.74, 6) is 0.770. The number of halogens is 4. The summed E-state index contributed by atoms with van der Waals surface area (Å²) >= 11 is 0. The van der Waals surface area contributed by atoms with Crippen molar-refractivity contribution in [3.63, 3.8) is 0 Å². The number of phenolic OH excluding ortho intramolecular Hbond substituents is 1. The number of ether oxygens (including phenoxy) is 2. The van der Waals surface area contributed by atoms with Crippen LogP contribution >= 0.6 is 0 Å². The number of pyridine rings is 1. The Labute approximate surface area is 249 Å². The van der Waals surface area contributed by atoms with E-state index in [1.54, 1.807) is 4.90 Å². The van der Waals surface area contributed by atoms with Gasteiger partial charge in [-0.25, -0.2) is 22.5 Å². The molecule has 4 aliphatic heterocycles. The van der Waals surface area contributed by atoms with Crippen LogP contribution in [0.1, 0.15) is 31.2 Å². The highest BCUT2D eigenvalue weighted by molar-refractivity contribution is 6.04. The molecule has 0 saturated carbocycles. The Kier molecular flexibility index (Phi) is 6.07. The Morgan fingerprint density at radius 1 is 1.11 bits per heavy atom. The highest BCUT2D eigenvalue weighted by Crippen LogP contribution is 2.45. The van der Waals surface area contributed by atoms with E-state index in [-0.39, 0.29) is 82.7 Å². The molecule has 8 rings (SSSR count). The highest BCUT2D eigenvalue weighted by Gasteiger charge is 2.49. The lowest BCUT2D eigenvalue weighted by Gasteiger charge is -2.31. The molecular weight excluding hydrogens is 578 g/mol. The first-order valence-corrected chi connectivity index (χ1v) is 14.6. The number of anilines is 1. The van der Waals surface area contributed by atoms with Crippen LogP contribution in [0.25, 0.3) is 32.9 Å². The summed E-state index contributed by atoms with van der Waals surface area (Å²) in [5.41, 5.74) is -1.04. The quantitative estimate of drug-likeness (QED) is 0.255. The fourth-order valence-electron chi connectivity index (χ4n) is 7.51. The molecule has 8 nitrogen and oxygen atoms in total. The van der Waals surface area contributed by atoms with Crippen molar-refractivity contribution in [1.82, 2.24) is 19.9 Å². The highest BCUT2D eigenvalue weighted by atomic mass is 19.1. The summed E-state index contributed by atoms with van der Waals surface area (Å²) in [6.45, 7) is 1.29. The molecule has 3 fully saturated rings. The zero-order valence-corrected chi connectivity index (χ0v) is 23.5. The van der Waals surface area contributed by atoms with Crippen LogP contribution in [-0.4, -0.2) is 81.7 Å². The van der Waals surface area contributed by atoms with Crippen LogP contribution < -0.4 is 14.4 Å². The summed E-state index contributed by atoms with van der Waals surface area (Å²) in [6, 6.07) is 4.73. The number of phenols is 1. The normalized spacial score (nSPS) is 26.0. The molecule has 0 amide bonds. The van der Waals surface area contributed by atoms with Crippen molar-refractivity contribution in [1.29, 1.82) is 0 Å². The molecule has 0 unspecified atom stereocenters. The maximum atomic E-state index is 16.8. The summed E-state index contributed by atoms with van der Waals surface area (Å²) in [4.78, 5) is 17.4. The van der Waals surface area contributed by atoms with Gasteiger partial charge >= 0.3 is 6.01 Å². The number of hydrogen-bond donors (Lipinski definition) is 1. The predicted octanol–water partition coefficient (Wildman–Crippen LogP) is 5.07. The minimum Gasteiger partial charge on any atom is -0.508 e. The van der Waals surface area contributed by atoms with Gasteiger partial charge in [0.2, 0.25) is 5.88 Å². The molecule has 0 bridgehead atoms. The van der Waals surface area contributed by atoms with Gasteiger partial charge in [-0.1, -0.05) is 12.0 Å². The summed E-state index contributed by atoms with van der Waals surface area (Å²) in [6.07, 6.45) is 5.73. The van der Waals surface area contributed by atoms with E-state index >= 15 is 4.39 Å². The van der Waals surface area contributed by atoms with Gasteiger partial charge in [0.25, 0.3) is 0 Å². The molecule has 0 aliphatic carbocycles. The standard InChI is InChI=1S/C32H27F4N5O3/c1-2-21-23(35)5-4-16-8-20(42)10-22(24(16)21)27-26(36)28-25-29(41-13-17(33)9-19(41)14-43-30(25)37-27)39-31(38-28)44-15-32-6-3-7-40(32)12-18(34)11-32/h1,4-5,8,10,17-19,42H,3,6-7,9,11-15H2/t17-,18-,19+,32+/m1/s1. The topological polar surface area (TPSA) is 83.8 Å². The molecule has 2 aromatic heterocycles. The fraction of sp³-hybridized carbons (Fsp3) is 0.406. The van der Waals surface area contributed by atoms with Gasteiger partial charge in [-0.05, 0) is 43.0 Å². The number of rotatable bonds is 4. The average molecular weight is 606 g/mol. The third-order valence-electron chi connectivity index (χ3n) is 9.44. The molecular formula is C32H27F4N5O3. The number of benzene rings is 2. The molecule has 226 valence electrons. The van der Waals surface area contributed by atoms with Gasteiger partial charge < -0.3 is 19.5 Å². The summed E-state index contributed by atoms with van der Waals surface area (Å²) in [7, 11) is 0. The van der Waals surface area contributed by atoms with Crippen molar-refractivity contribution in [3.05, 3.63) is 41.5 Å². The molecule has 4 aliphatic rings. The third kappa shape index (κ3) is 4.05. The van der Waals surface area contributed by atoms with Gasteiger partial charge in [-0.3, -0.25) is 4.90 Å². The maximum Gasteiger partial charge on any atom is 0.319 e. The second kappa shape index (κ2) is 9.82. The number of terminal acetylenes is 1. The second-order valence-corrected chi connectivity index (χ2v) is 12.1. The maximum absolute atomic E-state index is 16.8. The molecule has 2 aromatic carbocycles. The molecule has 12 heteroatoms. The molecule has 6 heterocycles. The lowest BCUT2D eigenvalue weighted by atomic mass is 9.95. The second-order valence-electron chi connectivity index (χ2n) is 12.1. The van der Waals surface area contributed by atoms with E-state index in [4.69, 9.17) is 15.9 Å². The largest absolute Gasteiger partial charge is 0.508 e.